The van der Waals surface area contributed by atoms with E-state index in [9.17, 15) is 8.42 Å². The van der Waals surface area contributed by atoms with Crippen LogP contribution in [-0.2, 0) is 10.0 Å². The molecule has 2 rings (SSSR count). The summed E-state index contributed by atoms with van der Waals surface area (Å²) in [5, 5.41) is 0. The normalized spacial score (nSPS) is 18.4. The van der Waals surface area contributed by atoms with Crippen molar-refractivity contribution in [1.82, 2.24) is 9.29 Å². The molecular formula is C9H13ClN2O2S2. The highest BCUT2D eigenvalue weighted by atomic mass is 35.5. The van der Waals surface area contributed by atoms with Gasteiger partial charge in [-0.15, -0.1) is 0 Å². The first-order valence-electron chi connectivity index (χ1n) is 5.11. The first-order valence-corrected chi connectivity index (χ1v) is 7.74. The fraction of sp³-hybridized carbons (Fsp3) is 0.667. The van der Waals surface area contributed by atoms with E-state index in [-0.39, 0.29) is 14.7 Å². The van der Waals surface area contributed by atoms with Crippen molar-refractivity contribution in [3.8, 4) is 0 Å². The number of rotatable bonds is 3. The van der Waals surface area contributed by atoms with Crippen LogP contribution in [0.4, 0.5) is 0 Å². The van der Waals surface area contributed by atoms with E-state index in [0.29, 0.717) is 0 Å². The van der Waals surface area contributed by atoms with Crippen LogP contribution >= 0.6 is 22.9 Å². The van der Waals surface area contributed by atoms with Gasteiger partial charge in [0.15, 0.2) is 8.68 Å². The van der Waals surface area contributed by atoms with Crippen molar-refractivity contribution in [2.75, 3.05) is 7.05 Å². The highest BCUT2D eigenvalue weighted by Gasteiger charge is 2.31. The van der Waals surface area contributed by atoms with Gasteiger partial charge in [0.05, 0.1) is 6.20 Å². The van der Waals surface area contributed by atoms with Crippen molar-refractivity contribution in [2.24, 2.45) is 0 Å². The molecule has 0 N–H and O–H groups in total. The topological polar surface area (TPSA) is 50.3 Å². The zero-order chi connectivity index (χ0) is 11.8. The van der Waals surface area contributed by atoms with Crippen molar-refractivity contribution < 1.29 is 8.42 Å². The summed E-state index contributed by atoms with van der Waals surface area (Å²) in [6.07, 6.45) is 5.43. The van der Waals surface area contributed by atoms with Crippen LogP contribution in [0.2, 0.25) is 4.47 Å². The number of sulfonamides is 1. The molecular weight excluding hydrogens is 268 g/mol. The summed E-state index contributed by atoms with van der Waals surface area (Å²) in [4.78, 5) is 3.77. The molecule has 0 unspecified atom stereocenters. The molecule has 0 atom stereocenters. The second-order valence-electron chi connectivity index (χ2n) is 3.89. The molecule has 0 saturated heterocycles. The van der Waals surface area contributed by atoms with E-state index in [1.54, 1.807) is 7.05 Å². The number of hydrogen-bond acceptors (Lipinski definition) is 4. The Kier molecular flexibility index (Phi) is 3.53. The summed E-state index contributed by atoms with van der Waals surface area (Å²) in [5.41, 5.74) is 0. The van der Waals surface area contributed by atoms with Gasteiger partial charge in [-0.05, 0) is 12.8 Å². The van der Waals surface area contributed by atoms with E-state index in [0.717, 1.165) is 37.0 Å². The van der Waals surface area contributed by atoms with E-state index >= 15 is 0 Å². The molecule has 1 aliphatic rings. The zero-order valence-electron chi connectivity index (χ0n) is 8.89. The van der Waals surface area contributed by atoms with Gasteiger partial charge in [-0.25, -0.2) is 13.4 Å². The van der Waals surface area contributed by atoms with Gasteiger partial charge in [0.2, 0.25) is 0 Å². The average Bonchev–Trinajstić information content (AvgIpc) is 2.86. The fourth-order valence-electron chi connectivity index (χ4n) is 1.96. The molecule has 0 spiro atoms. The van der Waals surface area contributed by atoms with E-state index in [2.05, 4.69) is 4.98 Å². The highest BCUT2D eigenvalue weighted by Crippen LogP contribution is 2.30. The van der Waals surface area contributed by atoms with Crippen LogP contribution in [0.25, 0.3) is 0 Å². The third-order valence-electron chi connectivity index (χ3n) is 2.93. The van der Waals surface area contributed by atoms with Crippen molar-refractivity contribution in [2.45, 2.75) is 35.9 Å². The number of halogens is 1. The highest BCUT2D eigenvalue weighted by molar-refractivity contribution is 7.91. The smallest absolute Gasteiger partial charge is 0.232 e. The van der Waals surface area contributed by atoms with Crippen LogP contribution in [0.15, 0.2) is 10.4 Å². The van der Waals surface area contributed by atoms with Crippen LogP contribution in [0.1, 0.15) is 25.7 Å². The molecule has 0 bridgehead atoms. The van der Waals surface area contributed by atoms with Crippen molar-refractivity contribution >= 4 is 33.0 Å². The van der Waals surface area contributed by atoms with Gasteiger partial charge >= 0.3 is 0 Å². The second-order valence-corrected chi connectivity index (χ2v) is 7.73. The van der Waals surface area contributed by atoms with Crippen LogP contribution in [-0.4, -0.2) is 30.8 Å². The van der Waals surface area contributed by atoms with Crippen LogP contribution in [0.3, 0.4) is 0 Å². The molecule has 4 nitrogen and oxygen atoms in total. The van der Waals surface area contributed by atoms with Crippen molar-refractivity contribution in [1.29, 1.82) is 0 Å². The molecule has 0 amide bonds. The molecule has 7 heteroatoms. The fourth-order valence-corrected chi connectivity index (χ4v) is 4.86. The third-order valence-corrected chi connectivity index (χ3v) is 6.39. The van der Waals surface area contributed by atoms with Gasteiger partial charge < -0.3 is 0 Å². The summed E-state index contributed by atoms with van der Waals surface area (Å²) in [7, 11) is -1.76. The molecule has 1 heterocycles. The van der Waals surface area contributed by atoms with Gasteiger partial charge in [0.25, 0.3) is 10.0 Å². The maximum absolute atomic E-state index is 12.2. The summed E-state index contributed by atoms with van der Waals surface area (Å²) in [6.45, 7) is 0. The van der Waals surface area contributed by atoms with Crippen molar-refractivity contribution in [3.05, 3.63) is 10.7 Å². The minimum atomic E-state index is -3.40. The molecule has 1 aromatic heterocycles. The predicted molar refractivity (Wildman–Crippen MR) is 64.3 cm³/mol. The predicted octanol–water partition coefficient (Wildman–Crippen LogP) is 2.36. The lowest BCUT2D eigenvalue weighted by atomic mass is 10.3. The number of thiazole rings is 1. The van der Waals surface area contributed by atoms with E-state index in [1.807, 2.05) is 0 Å². The minimum absolute atomic E-state index is 0.130. The zero-order valence-corrected chi connectivity index (χ0v) is 11.3. The monoisotopic (exact) mass is 280 g/mol. The molecule has 1 aromatic rings. The minimum Gasteiger partial charge on any atom is -0.232 e. The standard InChI is InChI=1S/C9H13ClN2O2S2/c1-12(7-4-2-3-5-7)16(13,14)8-6-11-9(10)15-8/h6-7H,2-5H2,1H3. The molecule has 1 aliphatic carbocycles. The Morgan fingerprint density at radius 3 is 2.62 bits per heavy atom. The molecule has 0 radical (unpaired) electrons. The number of nitrogens with zero attached hydrogens (tertiary/aromatic N) is 2. The quantitative estimate of drug-likeness (QED) is 0.854. The number of hydrogen-bond donors (Lipinski definition) is 0. The van der Waals surface area contributed by atoms with Crippen LogP contribution in [0, 0.1) is 0 Å². The van der Waals surface area contributed by atoms with Gasteiger partial charge in [-0.2, -0.15) is 4.31 Å². The molecule has 90 valence electrons. The van der Waals surface area contributed by atoms with Crippen molar-refractivity contribution in [3.63, 3.8) is 0 Å². The Labute approximate surface area is 104 Å². The van der Waals surface area contributed by atoms with E-state index in [4.69, 9.17) is 11.6 Å². The SMILES string of the molecule is CN(C1CCCC1)S(=O)(=O)c1cnc(Cl)s1. The van der Waals surface area contributed by atoms with Crippen LogP contribution in [0.5, 0.6) is 0 Å². The first-order chi connectivity index (χ1) is 7.51. The lowest BCUT2D eigenvalue weighted by molar-refractivity contribution is 0.374. The summed E-state index contributed by atoms with van der Waals surface area (Å²) in [5.74, 6) is 0. The Morgan fingerprint density at radius 2 is 2.12 bits per heavy atom. The Bertz CT molecular complexity index is 466. The summed E-state index contributed by atoms with van der Waals surface area (Å²) < 4.78 is 26.3. The molecule has 0 aromatic carbocycles. The Balaban J connectivity index is 2.24. The van der Waals surface area contributed by atoms with Gasteiger partial charge in [0, 0.05) is 13.1 Å². The largest absolute Gasteiger partial charge is 0.254 e. The van der Waals surface area contributed by atoms with Gasteiger partial charge in [-0.1, -0.05) is 35.8 Å². The molecule has 0 aliphatic heterocycles. The van der Waals surface area contributed by atoms with Gasteiger partial charge in [0.1, 0.15) is 0 Å². The lowest BCUT2D eigenvalue weighted by Crippen LogP contribution is -2.34. The Hall–Kier alpha value is -0.170. The van der Waals surface area contributed by atoms with Gasteiger partial charge in [-0.3, -0.25) is 0 Å². The number of aromatic nitrogens is 1. The molecule has 1 saturated carbocycles. The lowest BCUT2D eigenvalue weighted by Gasteiger charge is -2.22. The first kappa shape index (κ1) is 12.3. The third kappa shape index (κ3) is 2.25. The van der Waals surface area contributed by atoms with Crippen LogP contribution < -0.4 is 0 Å². The maximum Gasteiger partial charge on any atom is 0.254 e. The second kappa shape index (κ2) is 4.60. The van der Waals surface area contributed by atoms with E-state index < -0.39 is 10.0 Å². The average molecular weight is 281 g/mol. The van der Waals surface area contributed by atoms with E-state index in [1.165, 1.54) is 10.5 Å². The maximum atomic E-state index is 12.2. The molecule has 1 fully saturated rings. The summed E-state index contributed by atoms with van der Waals surface area (Å²) in [6, 6.07) is 0.130. The molecule has 16 heavy (non-hydrogen) atoms. The Morgan fingerprint density at radius 1 is 1.50 bits per heavy atom. The summed E-state index contributed by atoms with van der Waals surface area (Å²) >= 11 is 6.66.